The van der Waals surface area contributed by atoms with Crippen LogP contribution in [0, 0.1) is 12.8 Å². The highest BCUT2D eigenvalue weighted by molar-refractivity contribution is 7.10. The number of piperidine rings is 1. The van der Waals surface area contributed by atoms with E-state index < -0.39 is 0 Å². The van der Waals surface area contributed by atoms with Gasteiger partial charge in [-0.05, 0) is 57.2 Å². The topological polar surface area (TPSA) is 38.3 Å². The average Bonchev–Trinajstić information content (AvgIpc) is 2.78. The first-order chi connectivity index (χ1) is 8.72. The molecular formula is C14H21NO2S. The maximum Gasteiger partial charge on any atom is 0.338 e. The van der Waals surface area contributed by atoms with E-state index in [4.69, 9.17) is 4.74 Å². The fourth-order valence-electron chi connectivity index (χ4n) is 2.52. The van der Waals surface area contributed by atoms with Gasteiger partial charge in [-0.1, -0.05) is 0 Å². The number of methoxy groups -OCH3 is 1. The van der Waals surface area contributed by atoms with Gasteiger partial charge in [-0.2, -0.15) is 0 Å². The highest BCUT2D eigenvalue weighted by Crippen LogP contribution is 2.26. The molecular weight excluding hydrogens is 246 g/mol. The number of carbonyl (C=O) groups is 1. The third-order valence-electron chi connectivity index (χ3n) is 3.78. The molecule has 1 aliphatic rings. The molecule has 4 heteroatoms. The van der Waals surface area contributed by atoms with Crippen molar-refractivity contribution in [2.75, 3.05) is 20.2 Å². The molecule has 100 valence electrons. The Balaban J connectivity index is 1.93. The number of aryl methyl sites for hydroxylation is 1. The van der Waals surface area contributed by atoms with Crippen LogP contribution >= 0.6 is 11.3 Å². The largest absolute Gasteiger partial charge is 0.465 e. The van der Waals surface area contributed by atoms with Crippen LogP contribution in [0.5, 0.6) is 0 Å². The van der Waals surface area contributed by atoms with Gasteiger partial charge >= 0.3 is 5.97 Å². The molecule has 1 N–H and O–H groups in total. The normalized spacial score (nSPS) is 16.8. The molecule has 0 spiro atoms. The summed E-state index contributed by atoms with van der Waals surface area (Å²) in [6.07, 6.45) is 4.91. The summed E-state index contributed by atoms with van der Waals surface area (Å²) in [5.41, 5.74) is 1.85. The van der Waals surface area contributed by atoms with Gasteiger partial charge in [0.05, 0.1) is 12.7 Å². The van der Waals surface area contributed by atoms with Crippen molar-refractivity contribution in [2.24, 2.45) is 5.92 Å². The van der Waals surface area contributed by atoms with Gasteiger partial charge in [0.2, 0.25) is 0 Å². The summed E-state index contributed by atoms with van der Waals surface area (Å²) in [4.78, 5) is 12.9. The van der Waals surface area contributed by atoms with Crippen LogP contribution in [-0.4, -0.2) is 26.2 Å². The summed E-state index contributed by atoms with van der Waals surface area (Å²) >= 11 is 1.69. The summed E-state index contributed by atoms with van der Waals surface area (Å²) in [7, 11) is 1.44. The van der Waals surface area contributed by atoms with Gasteiger partial charge in [0, 0.05) is 10.3 Å². The molecule has 1 saturated heterocycles. The number of nitrogens with one attached hydrogen (secondary N) is 1. The van der Waals surface area contributed by atoms with Crippen LogP contribution in [0.15, 0.2) is 5.38 Å². The van der Waals surface area contributed by atoms with Gasteiger partial charge in [0.25, 0.3) is 0 Å². The van der Waals surface area contributed by atoms with Crippen LogP contribution in [0.1, 0.15) is 40.1 Å². The maximum atomic E-state index is 11.5. The maximum absolute atomic E-state index is 11.5. The fraction of sp³-hybridized carbons (Fsp3) is 0.643. The standard InChI is InChI=1S/C14H21NO2S/c1-10-12(14(16)17-2)9-18-13(10)4-3-11-5-7-15-8-6-11/h9,11,15H,3-8H2,1-2H3. The molecule has 0 bridgehead atoms. The van der Waals surface area contributed by atoms with Crippen molar-refractivity contribution in [3.05, 3.63) is 21.4 Å². The van der Waals surface area contributed by atoms with E-state index in [1.807, 2.05) is 12.3 Å². The first kappa shape index (κ1) is 13.6. The molecule has 0 unspecified atom stereocenters. The number of hydrogen-bond acceptors (Lipinski definition) is 4. The monoisotopic (exact) mass is 267 g/mol. The number of esters is 1. The molecule has 0 amide bonds. The van der Waals surface area contributed by atoms with Crippen LogP contribution in [0.2, 0.25) is 0 Å². The Kier molecular flexibility index (Phi) is 4.78. The minimum Gasteiger partial charge on any atom is -0.465 e. The summed E-state index contributed by atoms with van der Waals surface area (Å²) < 4.78 is 4.78. The van der Waals surface area contributed by atoms with Crippen LogP contribution in [0.25, 0.3) is 0 Å². The summed E-state index contributed by atoms with van der Waals surface area (Å²) in [6.45, 7) is 4.34. The first-order valence-corrected chi connectivity index (χ1v) is 7.46. The van der Waals surface area contributed by atoms with Crippen LogP contribution < -0.4 is 5.32 Å². The number of carbonyl (C=O) groups excluding carboxylic acids is 1. The van der Waals surface area contributed by atoms with Gasteiger partial charge in [-0.3, -0.25) is 0 Å². The van der Waals surface area contributed by atoms with Crippen molar-refractivity contribution in [1.29, 1.82) is 0 Å². The number of ether oxygens (including phenoxy) is 1. The Hall–Kier alpha value is -0.870. The van der Waals surface area contributed by atoms with E-state index in [0.29, 0.717) is 0 Å². The van der Waals surface area contributed by atoms with E-state index in [-0.39, 0.29) is 5.97 Å². The van der Waals surface area contributed by atoms with E-state index in [1.54, 1.807) is 11.3 Å². The highest BCUT2D eigenvalue weighted by atomic mass is 32.1. The number of hydrogen-bond donors (Lipinski definition) is 1. The second-order valence-electron chi connectivity index (χ2n) is 4.92. The van der Waals surface area contributed by atoms with Crippen molar-refractivity contribution in [3.8, 4) is 0 Å². The van der Waals surface area contributed by atoms with E-state index in [1.165, 1.54) is 31.2 Å². The summed E-state index contributed by atoms with van der Waals surface area (Å²) in [5, 5.41) is 5.32. The van der Waals surface area contributed by atoms with Gasteiger partial charge in [0.1, 0.15) is 0 Å². The van der Waals surface area contributed by atoms with E-state index in [0.717, 1.165) is 36.6 Å². The van der Waals surface area contributed by atoms with E-state index >= 15 is 0 Å². The predicted octanol–water partition coefficient (Wildman–Crippen LogP) is 2.78. The average molecular weight is 267 g/mol. The lowest BCUT2D eigenvalue weighted by molar-refractivity contribution is 0.0600. The van der Waals surface area contributed by atoms with Crippen molar-refractivity contribution >= 4 is 17.3 Å². The van der Waals surface area contributed by atoms with E-state index in [2.05, 4.69) is 5.32 Å². The Bertz CT molecular complexity index is 408. The smallest absolute Gasteiger partial charge is 0.338 e. The molecule has 1 aliphatic heterocycles. The molecule has 2 heterocycles. The minimum atomic E-state index is -0.211. The lowest BCUT2D eigenvalue weighted by atomic mass is 9.92. The quantitative estimate of drug-likeness (QED) is 0.853. The van der Waals surface area contributed by atoms with Crippen molar-refractivity contribution in [1.82, 2.24) is 5.32 Å². The van der Waals surface area contributed by atoms with Crippen LogP contribution in [0.3, 0.4) is 0 Å². The van der Waals surface area contributed by atoms with Crippen LogP contribution in [0.4, 0.5) is 0 Å². The number of thiophene rings is 1. The molecule has 2 rings (SSSR count). The summed E-state index contributed by atoms with van der Waals surface area (Å²) in [6, 6.07) is 0. The SMILES string of the molecule is COC(=O)c1csc(CCC2CCNCC2)c1C. The molecule has 18 heavy (non-hydrogen) atoms. The Morgan fingerprint density at radius 1 is 1.50 bits per heavy atom. The van der Waals surface area contributed by atoms with Crippen molar-refractivity contribution < 1.29 is 9.53 Å². The lowest BCUT2D eigenvalue weighted by Gasteiger charge is -2.22. The lowest BCUT2D eigenvalue weighted by Crippen LogP contribution is -2.27. The molecule has 0 aliphatic carbocycles. The zero-order valence-electron chi connectivity index (χ0n) is 11.1. The molecule has 1 aromatic heterocycles. The minimum absolute atomic E-state index is 0.211. The third-order valence-corrected chi connectivity index (χ3v) is 4.93. The molecule has 0 aromatic carbocycles. The second-order valence-corrected chi connectivity index (χ2v) is 5.89. The highest BCUT2D eigenvalue weighted by Gasteiger charge is 2.17. The molecule has 0 atom stereocenters. The van der Waals surface area contributed by atoms with Crippen molar-refractivity contribution in [3.63, 3.8) is 0 Å². The molecule has 0 saturated carbocycles. The first-order valence-electron chi connectivity index (χ1n) is 6.58. The van der Waals surface area contributed by atoms with Gasteiger partial charge in [-0.15, -0.1) is 11.3 Å². The Labute approximate surface area is 113 Å². The molecule has 1 aromatic rings. The Morgan fingerprint density at radius 3 is 2.89 bits per heavy atom. The molecule has 3 nitrogen and oxygen atoms in total. The summed E-state index contributed by atoms with van der Waals surface area (Å²) in [5.74, 6) is 0.631. The molecule has 0 radical (unpaired) electrons. The van der Waals surface area contributed by atoms with Crippen molar-refractivity contribution in [2.45, 2.75) is 32.6 Å². The number of rotatable bonds is 4. The zero-order chi connectivity index (χ0) is 13.0. The second kappa shape index (κ2) is 6.34. The fourth-order valence-corrected chi connectivity index (χ4v) is 3.58. The van der Waals surface area contributed by atoms with Gasteiger partial charge in [-0.25, -0.2) is 4.79 Å². The van der Waals surface area contributed by atoms with E-state index in [9.17, 15) is 4.79 Å². The predicted molar refractivity (Wildman–Crippen MR) is 74.3 cm³/mol. The van der Waals surface area contributed by atoms with Gasteiger partial charge < -0.3 is 10.1 Å². The third kappa shape index (κ3) is 3.12. The van der Waals surface area contributed by atoms with Gasteiger partial charge in [0.15, 0.2) is 0 Å². The Morgan fingerprint density at radius 2 is 2.22 bits per heavy atom. The van der Waals surface area contributed by atoms with Crippen LogP contribution in [-0.2, 0) is 11.2 Å². The zero-order valence-corrected chi connectivity index (χ0v) is 11.9. The molecule has 1 fully saturated rings.